The van der Waals surface area contributed by atoms with Crippen molar-refractivity contribution in [1.29, 1.82) is 0 Å². The molecule has 0 atom stereocenters. The predicted molar refractivity (Wildman–Crippen MR) is 132 cm³/mol. The van der Waals surface area contributed by atoms with Crippen molar-refractivity contribution in [3.05, 3.63) is 63.1 Å². The number of ketones is 1. The third-order valence-electron chi connectivity index (χ3n) is 7.15. The summed E-state index contributed by atoms with van der Waals surface area (Å²) < 4.78 is 27.2. The van der Waals surface area contributed by atoms with Gasteiger partial charge in [0.05, 0.1) is 5.66 Å². The minimum Gasteiger partial charge on any atom is -0.500 e. The number of hydrogen-bond acceptors (Lipinski definition) is 8. The van der Waals surface area contributed by atoms with Crippen LogP contribution in [0.4, 0.5) is 8.78 Å². The molecule has 0 radical (unpaired) electrons. The number of aromatic nitrogens is 2. The highest BCUT2D eigenvalue weighted by atomic mass is 32.1. The Morgan fingerprint density at radius 2 is 2.03 bits per heavy atom. The summed E-state index contributed by atoms with van der Waals surface area (Å²) >= 11 is 1.05. The van der Waals surface area contributed by atoms with Crippen LogP contribution in [0.2, 0.25) is 0 Å². The number of aliphatic hydroxyl groups excluding tert-OH is 2. The molecule has 1 saturated carbocycles. The topological polar surface area (TPSA) is 132 Å². The van der Waals surface area contributed by atoms with Crippen LogP contribution in [-0.2, 0) is 16.0 Å². The van der Waals surface area contributed by atoms with Crippen LogP contribution in [0, 0.1) is 17.6 Å². The number of halogens is 2. The largest absolute Gasteiger partial charge is 0.500 e. The normalized spacial score (nSPS) is 22.2. The van der Waals surface area contributed by atoms with Gasteiger partial charge in [0.2, 0.25) is 17.2 Å². The molecule has 0 bridgehead atoms. The highest BCUT2D eigenvalue weighted by Crippen LogP contribution is 2.35. The molecule has 4 rings (SSSR count). The molecule has 37 heavy (non-hydrogen) atoms. The highest BCUT2D eigenvalue weighted by Gasteiger charge is 2.44. The van der Waals surface area contributed by atoms with Crippen LogP contribution in [0.3, 0.4) is 0 Å². The van der Waals surface area contributed by atoms with Crippen molar-refractivity contribution in [3.63, 3.8) is 0 Å². The fourth-order valence-corrected chi connectivity index (χ4v) is 5.84. The lowest BCUT2D eigenvalue weighted by Gasteiger charge is -2.47. The number of aliphatic hydroxyl groups is 2. The number of allylic oxidation sites excluding steroid dienone is 1. The zero-order valence-electron chi connectivity index (χ0n) is 20.6. The number of rotatable bonds is 8. The number of amides is 1. The maximum Gasteiger partial charge on any atom is 0.313 e. The number of carbonyl (C=O) groups is 2. The number of nitrogens with one attached hydrogen (secondary N) is 1. The first kappa shape index (κ1) is 27.0. The van der Waals surface area contributed by atoms with Gasteiger partial charge in [-0.25, -0.2) is 8.78 Å². The molecule has 0 saturated heterocycles. The molecule has 1 aromatic carbocycles. The van der Waals surface area contributed by atoms with Gasteiger partial charge in [-0.2, -0.15) is 0 Å². The Morgan fingerprint density at radius 3 is 2.65 bits per heavy atom. The monoisotopic (exact) mass is 534 g/mol. The summed E-state index contributed by atoms with van der Waals surface area (Å²) in [5.41, 5.74) is -0.434. The van der Waals surface area contributed by atoms with Gasteiger partial charge in [-0.05, 0) is 57.2 Å². The Labute approximate surface area is 216 Å². The van der Waals surface area contributed by atoms with Crippen LogP contribution >= 0.6 is 11.3 Å². The molecular weight excluding hydrogens is 504 g/mol. The van der Waals surface area contributed by atoms with Gasteiger partial charge < -0.3 is 15.1 Å². The van der Waals surface area contributed by atoms with Gasteiger partial charge in [-0.1, -0.05) is 17.4 Å². The Morgan fingerprint density at radius 1 is 1.30 bits per heavy atom. The van der Waals surface area contributed by atoms with Crippen molar-refractivity contribution in [3.8, 4) is 0 Å². The van der Waals surface area contributed by atoms with Crippen LogP contribution in [0.15, 0.2) is 35.9 Å². The molecule has 0 unspecified atom stereocenters. The second-order valence-corrected chi connectivity index (χ2v) is 10.3. The minimum atomic E-state index is -0.750. The first-order valence-electron chi connectivity index (χ1n) is 12.1. The molecule has 1 aliphatic heterocycles. The summed E-state index contributed by atoms with van der Waals surface area (Å²) in [6.07, 6.45) is 4.27. The molecule has 2 aliphatic rings. The number of hydrogen-bond donors (Lipinski definition) is 4. The van der Waals surface area contributed by atoms with E-state index in [1.54, 1.807) is 11.9 Å². The summed E-state index contributed by atoms with van der Waals surface area (Å²) in [5.74, 6) is -3.08. The van der Waals surface area contributed by atoms with E-state index >= 15 is 0 Å². The van der Waals surface area contributed by atoms with Gasteiger partial charge in [0.1, 0.15) is 28.4 Å². The Kier molecular flexibility index (Phi) is 8.12. The van der Waals surface area contributed by atoms with Gasteiger partial charge in [0.15, 0.2) is 5.01 Å². The van der Waals surface area contributed by atoms with Crippen molar-refractivity contribution in [1.82, 2.24) is 20.4 Å². The van der Waals surface area contributed by atoms with Crippen molar-refractivity contribution < 1.29 is 33.9 Å². The first-order chi connectivity index (χ1) is 17.7. The molecule has 1 aliphatic carbocycles. The van der Waals surface area contributed by atoms with E-state index in [1.807, 2.05) is 6.92 Å². The van der Waals surface area contributed by atoms with E-state index in [0.29, 0.717) is 24.4 Å². The number of likely N-dealkylation sites (N-methyl/N-ethyl adjacent to an activating group) is 1. The zero-order chi connectivity index (χ0) is 26.7. The molecule has 1 amide bonds. The van der Waals surface area contributed by atoms with E-state index < -0.39 is 34.7 Å². The van der Waals surface area contributed by atoms with Gasteiger partial charge >= 0.3 is 5.91 Å². The standard InChI is InChI=1S/C25H29F2N5O4S/c1-3-32(25(28-2)8-6-14(13-33)7-9-25)24(36)20-22(35)21(34)17(12-29-20)23-31-30-19(37-23)10-15-4-5-16(26)11-18(15)27/h4-5,11-12,14,28,33,35H,3,6-10,13H2,1-2H3,(H,29,34)/p+1. The number of carbonyl (C=O) groups excluding carboxylic acids is 2. The van der Waals surface area contributed by atoms with Crippen molar-refractivity contribution in [2.75, 3.05) is 20.2 Å². The van der Waals surface area contributed by atoms with Crippen LogP contribution in [-0.4, -0.2) is 62.9 Å². The van der Waals surface area contributed by atoms with Gasteiger partial charge in [-0.3, -0.25) is 20.2 Å². The Balaban J connectivity index is 1.51. The molecule has 0 spiro atoms. The molecule has 9 nitrogen and oxygen atoms in total. The molecule has 2 aromatic rings. The minimum absolute atomic E-state index is 0.0647. The quantitative estimate of drug-likeness (QED) is 0.379. The maximum atomic E-state index is 14.0. The van der Waals surface area contributed by atoms with Crippen molar-refractivity contribution >= 4 is 28.6 Å². The number of nitrogens with zero attached hydrogens (tertiary/aromatic N) is 3. The highest BCUT2D eigenvalue weighted by molar-refractivity contribution is 7.12. The summed E-state index contributed by atoms with van der Waals surface area (Å²) in [4.78, 5) is 28.2. The fraction of sp³-hybridized carbons (Fsp3) is 0.440. The summed E-state index contributed by atoms with van der Waals surface area (Å²) in [7, 11) is 1.78. The van der Waals surface area contributed by atoms with E-state index in [1.165, 1.54) is 17.6 Å². The van der Waals surface area contributed by atoms with E-state index in [9.17, 15) is 28.6 Å². The second-order valence-electron chi connectivity index (χ2n) is 9.21. The molecule has 1 fully saturated rings. The van der Waals surface area contributed by atoms with E-state index in [0.717, 1.165) is 36.3 Å². The number of quaternary nitrogens is 1. The van der Waals surface area contributed by atoms with Crippen LogP contribution in [0.1, 0.15) is 48.2 Å². The van der Waals surface area contributed by atoms with Gasteiger partial charge in [-0.15, -0.1) is 10.2 Å². The SMILES string of the molecule is CCN(C(=O)C1=C(O)C(=O)C(c2nnc(Cc3ccc(F)cc3F)s2)=C[NH2+]1)C1(NC)CCC(CO)CC1. The van der Waals surface area contributed by atoms with Crippen LogP contribution < -0.4 is 10.6 Å². The predicted octanol–water partition coefficient (Wildman–Crippen LogP) is 1.61. The molecule has 1 aromatic heterocycles. The second kappa shape index (κ2) is 11.1. The number of benzene rings is 1. The van der Waals surface area contributed by atoms with Crippen molar-refractivity contribution in [2.24, 2.45) is 5.92 Å². The van der Waals surface area contributed by atoms with Crippen molar-refractivity contribution in [2.45, 2.75) is 44.7 Å². The third kappa shape index (κ3) is 5.33. The average Bonchev–Trinajstić information content (AvgIpc) is 3.36. The number of nitrogens with two attached hydrogens (primary N) is 1. The average molecular weight is 535 g/mol. The van der Waals surface area contributed by atoms with Crippen LogP contribution in [0.25, 0.3) is 5.57 Å². The van der Waals surface area contributed by atoms with Gasteiger partial charge in [0, 0.05) is 25.6 Å². The maximum absolute atomic E-state index is 14.0. The zero-order valence-corrected chi connectivity index (χ0v) is 21.4. The molecular formula is C25H30F2N5O4S+. The van der Waals surface area contributed by atoms with Gasteiger partial charge in [0.25, 0.3) is 0 Å². The fourth-order valence-electron chi connectivity index (χ4n) is 4.95. The lowest BCUT2D eigenvalue weighted by Crippen LogP contribution is -2.81. The first-order valence-corrected chi connectivity index (χ1v) is 13.0. The Hall–Kier alpha value is -3.06. The molecule has 2 heterocycles. The van der Waals surface area contributed by atoms with E-state index in [2.05, 4.69) is 15.5 Å². The number of Topliss-reactive ketones (excluding diaryl/α,β-unsaturated/α-hetero) is 1. The smallest absolute Gasteiger partial charge is 0.313 e. The lowest BCUT2D eigenvalue weighted by molar-refractivity contribution is -0.531. The Bertz CT molecular complexity index is 1250. The third-order valence-corrected chi connectivity index (χ3v) is 8.11. The molecule has 12 heteroatoms. The molecule has 5 N–H and O–H groups in total. The lowest BCUT2D eigenvalue weighted by atomic mass is 9.81. The van der Waals surface area contributed by atoms with E-state index in [-0.39, 0.29) is 40.8 Å². The van der Waals surface area contributed by atoms with E-state index in [4.69, 9.17) is 0 Å². The van der Waals surface area contributed by atoms with Crippen LogP contribution in [0.5, 0.6) is 0 Å². The summed E-state index contributed by atoms with van der Waals surface area (Å²) in [6, 6.07) is 3.27. The summed E-state index contributed by atoms with van der Waals surface area (Å²) in [6.45, 7) is 2.30. The molecule has 198 valence electrons. The summed E-state index contributed by atoms with van der Waals surface area (Å²) in [5, 5.41) is 33.5.